The zero-order chi connectivity index (χ0) is 4.50. The van der Waals surface area contributed by atoms with Crippen LogP contribution in [-0.2, 0) is 10.4 Å². The van der Waals surface area contributed by atoms with Gasteiger partial charge >= 0.3 is 104 Å². The van der Waals surface area contributed by atoms with E-state index < -0.39 is 10.4 Å². The summed E-state index contributed by atoms with van der Waals surface area (Å²) in [7, 11) is -5.17. The van der Waals surface area contributed by atoms with Crippen molar-refractivity contribution >= 4 is 33.5 Å². The Hall–Kier alpha value is 2.99. The molecule has 0 aromatic carbocycles. The van der Waals surface area contributed by atoms with E-state index in [2.05, 4.69) is 0 Å². The van der Waals surface area contributed by atoms with Crippen LogP contribution in [0, 0.1) is 0 Å². The Bertz CT molecular complexity index is 113. The van der Waals surface area contributed by atoms with Gasteiger partial charge in [-0.3, -0.25) is 8.42 Å². The zero-order valence-corrected chi connectivity index (χ0v) is 15.6. The smallest absolute Gasteiger partial charge is 1.00 e. The molecule has 0 spiro atoms. The maximum Gasteiger partial charge on any atom is 2.00 e. The van der Waals surface area contributed by atoms with Crippen molar-refractivity contribution in [2.45, 2.75) is 0 Å². The van der Waals surface area contributed by atoms with Gasteiger partial charge in [-0.1, -0.05) is 0 Å². The first-order chi connectivity index (χ1) is 2.00. The van der Waals surface area contributed by atoms with E-state index in [0.29, 0.717) is 0 Å². The van der Waals surface area contributed by atoms with Crippen molar-refractivity contribution in [2.75, 3.05) is 0 Å². The molecule has 0 amide bonds. The Morgan fingerprint density at radius 1 is 0.733 bits per heavy atom. The average Bonchev–Trinajstić information content (AvgIpc) is 0.722. The van der Waals surface area contributed by atoms with E-state index >= 15 is 0 Å². The first-order valence-corrected chi connectivity index (χ1v) is 2.00. The molecule has 0 bridgehead atoms. The normalized spacial score (nSPS) is 3.87. The molecule has 0 aliphatic rings. The van der Waals surface area contributed by atoms with Crippen molar-refractivity contribution in [1.29, 1.82) is 0 Å². The van der Waals surface area contributed by atoms with E-state index in [0.717, 1.165) is 0 Å². The third-order valence-electron chi connectivity index (χ3n) is 0. The second-order valence-electron chi connectivity index (χ2n) is 0.408. The molecule has 0 aliphatic carbocycles. The molecule has 0 atom stereocenters. The standard InChI is InChI=1S/K.Mg.Na.H2O4S.7H2O.2H/c;;;1-5(2,3)4;;;;;;;;;/h;;;(H2,1,2,3,4);7*1H2;;/q+1;+2;+1;;;;;;;;;2*-1/p-2. The second kappa shape index (κ2) is 53.7. The minimum Gasteiger partial charge on any atom is -1.00 e. The molecule has 0 aliphatic heterocycles. The van der Waals surface area contributed by atoms with Crippen molar-refractivity contribution in [3.8, 4) is 0 Å². The second-order valence-corrected chi connectivity index (χ2v) is 1.22. The molecule has 0 saturated carbocycles. The Labute approximate surface area is 170 Å². The molecule has 0 rings (SSSR count). The Balaban J connectivity index is -0.00000000121. The van der Waals surface area contributed by atoms with Crippen LogP contribution in [0.5, 0.6) is 0 Å². The van der Waals surface area contributed by atoms with Gasteiger partial charge in [0, 0.05) is 10.4 Å². The van der Waals surface area contributed by atoms with Crippen LogP contribution in [-0.4, -0.2) is 78.9 Å². The molecular weight excluding hydrogens is 294 g/mol. The third-order valence-corrected chi connectivity index (χ3v) is 0. The van der Waals surface area contributed by atoms with Crippen molar-refractivity contribution in [2.24, 2.45) is 0 Å². The van der Waals surface area contributed by atoms with Gasteiger partial charge in [-0.15, -0.1) is 0 Å². The predicted molar refractivity (Wildman–Crippen MR) is 43.7 cm³/mol. The summed E-state index contributed by atoms with van der Waals surface area (Å²) in [4.78, 5) is 0. The topological polar surface area (TPSA) is 301 Å². The molecule has 0 aromatic heterocycles. The summed E-state index contributed by atoms with van der Waals surface area (Å²) in [6, 6.07) is 0. The molecule has 92 valence electrons. The molecule has 0 saturated heterocycles. The van der Waals surface area contributed by atoms with Crippen LogP contribution in [0.3, 0.4) is 0 Å². The fourth-order valence-electron chi connectivity index (χ4n) is 0. The molecule has 0 heterocycles. The summed E-state index contributed by atoms with van der Waals surface area (Å²) in [5.74, 6) is 0. The zero-order valence-electron chi connectivity index (χ0n) is 10.2. The quantitative estimate of drug-likeness (QED) is 0.238. The number of hydrogen-bond donors (Lipinski definition) is 0. The molecule has 15 heavy (non-hydrogen) atoms. The molecule has 0 unspecified atom stereocenters. The van der Waals surface area contributed by atoms with Gasteiger partial charge in [0.2, 0.25) is 0 Å². The minimum absolute atomic E-state index is 0. The van der Waals surface area contributed by atoms with E-state index in [1.165, 1.54) is 0 Å². The summed E-state index contributed by atoms with van der Waals surface area (Å²) < 4.78 is 34.1. The van der Waals surface area contributed by atoms with Gasteiger partial charge in [-0.2, -0.15) is 0 Å². The summed E-state index contributed by atoms with van der Waals surface area (Å²) in [5.41, 5.74) is 0. The van der Waals surface area contributed by atoms with Crippen molar-refractivity contribution < 1.29 is 140 Å². The van der Waals surface area contributed by atoms with Crippen LogP contribution in [0.25, 0.3) is 0 Å². The summed E-state index contributed by atoms with van der Waals surface area (Å²) in [6.07, 6.45) is 0. The molecule has 14 N–H and O–H groups in total. The number of rotatable bonds is 0. The molecule has 11 nitrogen and oxygen atoms in total. The first kappa shape index (κ1) is 106. The van der Waals surface area contributed by atoms with Crippen LogP contribution in [0.2, 0.25) is 0 Å². The third kappa shape index (κ3) is 426. The van der Waals surface area contributed by atoms with Crippen LogP contribution >= 0.6 is 0 Å². The van der Waals surface area contributed by atoms with E-state index in [-0.39, 0.29) is 145 Å². The Kier molecular flexibility index (Phi) is 381. The van der Waals surface area contributed by atoms with E-state index in [1.807, 2.05) is 0 Å². The fourth-order valence-corrected chi connectivity index (χ4v) is 0. The van der Waals surface area contributed by atoms with Gasteiger partial charge in [0.15, 0.2) is 0 Å². The Morgan fingerprint density at radius 3 is 0.733 bits per heavy atom. The molecule has 15 heteroatoms. The maximum absolute atomic E-state index is 8.52. The number of hydrogen-bond acceptors (Lipinski definition) is 4. The SMILES string of the molecule is O.O.O.O.O.O.O.O=S(=O)([O-])[O-].[H-].[H-].[K+].[Mg+2].[Na+]. The monoisotopic (exact) mass is 310 g/mol. The van der Waals surface area contributed by atoms with Gasteiger partial charge < -0.3 is 50.3 Å². The molecule has 0 aromatic rings. The van der Waals surface area contributed by atoms with Gasteiger partial charge in [0.25, 0.3) is 0 Å². The maximum atomic E-state index is 8.52. The molecule has 0 radical (unpaired) electrons. The molecule has 0 fully saturated rings. The van der Waals surface area contributed by atoms with E-state index in [4.69, 9.17) is 17.5 Å². The predicted octanol–water partition coefficient (Wildman–Crippen LogP) is -13.3. The van der Waals surface area contributed by atoms with Crippen LogP contribution < -0.4 is 80.9 Å². The van der Waals surface area contributed by atoms with Crippen molar-refractivity contribution in [1.82, 2.24) is 0 Å². The van der Waals surface area contributed by atoms with E-state index in [9.17, 15) is 0 Å². The first-order valence-electron chi connectivity index (χ1n) is 0.667. The van der Waals surface area contributed by atoms with Crippen LogP contribution in [0.15, 0.2) is 0 Å². The average molecular weight is 311 g/mol. The fraction of sp³-hybridized carbons (Fsp3) is 0. The summed E-state index contributed by atoms with van der Waals surface area (Å²) in [5, 5.41) is 0. The van der Waals surface area contributed by atoms with Gasteiger partial charge in [-0.05, 0) is 0 Å². The van der Waals surface area contributed by atoms with Crippen molar-refractivity contribution in [3.05, 3.63) is 0 Å². The van der Waals surface area contributed by atoms with Crippen LogP contribution in [0.1, 0.15) is 2.85 Å². The van der Waals surface area contributed by atoms with Gasteiger partial charge in [0.1, 0.15) is 0 Å². The minimum atomic E-state index is -5.17. The summed E-state index contributed by atoms with van der Waals surface area (Å²) in [6.45, 7) is 0. The summed E-state index contributed by atoms with van der Waals surface area (Å²) >= 11 is 0. The van der Waals surface area contributed by atoms with E-state index in [1.54, 1.807) is 0 Å². The van der Waals surface area contributed by atoms with Crippen LogP contribution in [0.4, 0.5) is 0 Å². The molecular formula is H16KMgNaO11S. The largest absolute Gasteiger partial charge is 2.00 e. The van der Waals surface area contributed by atoms with Gasteiger partial charge in [0.05, 0.1) is 0 Å². The van der Waals surface area contributed by atoms with Crippen molar-refractivity contribution in [3.63, 3.8) is 0 Å². The Morgan fingerprint density at radius 2 is 0.733 bits per heavy atom. The van der Waals surface area contributed by atoms with Gasteiger partial charge in [-0.25, -0.2) is 0 Å².